The van der Waals surface area contributed by atoms with Gasteiger partial charge in [-0.15, -0.1) is 0 Å². The average molecular weight is 340 g/mol. The summed E-state index contributed by atoms with van der Waals surface area (Å²) in [5.74, 6) is -1.00. The molecule has 0 saturated carbocycles. The van der Waals surface area contributed by atoms with Gasteiger partial charge in [-0.3, -0.25) is 9.59 Å². The van der Waals surface area contributed by atoms with Crippen molar-refractivity contribution in [3.63, 3.8) is 0 Å². The monoisotopic (exact) mass is 340 g/mol. The number of hydrogen-bond acceptors (Lipinski definition) is 4. The Kier molecular flexibility index (Phi) is 6.28. The Bertz CT molecular complexity index is 769. The second kappa shape index (κ2) is 8.63. The van der Waals surface area contributed by atoms with Crippen molar-refractivity contribution in [3.8, 4) is 0 Å². The highest BCUT2D eigenvalue weighted by Crippen LogP contribution is 2.13. The van der Waals surface area contributed by atoms with Crippen LogP contribution in [0.25, 0.3) is 0 Å². The topological polar surface area (TPSA) is 84.5 Å². The van der Waals surface area contributed by atoms with E-state index in [4.69, 9.17) is 0 Å². The van der Waals surface area contributed by atoms with E-state index in [0.717, 1.165) is 6.42 Å². The Hall–Kier alpha value is -3.15. The molecule has 0 heterocycles. The number of benzene rings is 2. The number of methoxy groups -OCH3 is 1. The van der Waals surface area contributed by atoms with Gasteiger partial charge in [0.15, 0.2) is 0 Å². The summed E-state index contributed by atoms with van der Waals surface area (Å²) in [6, 6.07) is 12.9. The molecule has 6 heteroatoms. The lowest BCUT2D eigenvalue weighted by atomic mass is 10.1. The minimum Gasteiger partial charge on any atom is -0.465 e. The lowest BCUT2D eigenvalue weighted by Crippen LogP contribution is -2.23. The van der Waals surface area contributed by atoms with Crippen LogP contribution in [0.1, 0.15) is 44.4 Å². The predicted molar refractivity (Wildman–Crippen MR) is 94.8 cm³/mol. The zero-order valence-electron chi connectivity index (χ0n) is 14.2. The molecule has 2 N–H and O–H groups in total. The molecule has 0 bridgehead atoms. The third kappa shape index (κ3) is 4.91. The Morgan fingerprint density at radius 1 is 0.920 bits per heavy atom. The van der Waals surface area contributed by atoms with Crippen molar-refractivity contribution >= 4 is 23.5 Å². The van der Waals surface area contributed by atoms with Gasteiger partial charge in [0.1, 0.15) is 0 Å². The lowest BCUT2D eigenvalue weighted by Gasteiger charge is -2.08. The molecule has 0 aliphatic heterocycles. The first-order chi connectivity index (χ1) is 12.0. The first kappa shape index (κ1) is 18.2. The minimum atomic E-state index is -0.503. The molecular weight excluding hydrogens is 320 g/mol. The fraction of sp³-hybridized carbons (Fsp3) is 0.211. The van der Waals surface area contributed by atoms with E-state index >= 15 is 0 Å². The molecule has 130 valence electrons. The number of carbonyl (C=O) groups is 3. The minimum absolute atomic E-state index is 0.148. The largest absolute Gasteiger partial charge is 0.465 e. The van der Waals surface area contributed by atoms with Gasteiger partial charge in [-0.05, 0) is 48.9 Å². The van der Waals surface area contributed by atoms with Gasteiger partial charge in [-0.2, -0.15) is 0 Å². The number of rotatable bonds is 6. The van der Waals surface area contributed by atoms with Crippen LogP contribution in [0.5, 0.6) is 0 Å². The number of hydrogen-bond donors (Lipinski definition) is 2. The molecular formula is C19H20N2O4. The van der Waals surface area contributed by atoms with Crippen LogP contribution in [0.2, 0.25) is 0 Å². The molecule has 2 rings (SSSR count). The molecule has 0 aromatic heterocycles. The summed E-state index contributed by atoms with van der Waals surface area (Å²) < 4.78 is 4.64. The van der Waals surface area contributed by atoms with E-state index in [-0.39, 0.29) is 11.8 Å². The maximum absolute atomic E-state index is 12.3. The molecule has 2 amide bonds. The van der Waals surface area contributed by atoms with Crippen molar-refractivity contribution in [2.75, 3.05) is 19.0 Å². The Labute approximate surface area is 146 Å². The quantitative estimate of drug-likeness (QED) is 0.792. The van der Waals surface area contributed by atoms with Crippen LogP contribution in [-0.4, -0.2) is 31.4 Å². The summed E-state index contributed by atoms with van der Waals surface area (Å²) in [4.78, 5) is 35.7. The van der Waals surface area contributed by atoms with Gasteiger partial charge < -0.3 is 15.4 Å². The molecule has 25 heavy (non-hydrogen) atoms. The van der Waals surface area contributed by atoms with Crippen LogP contribution < -0.4 is 10.6 Å². The Balaban J connectivity index is 2.05. The fourth-order valence-corrected chi connectivity index (χ4v) is 2.15. The zero-order valence-corrected chi connectivity index (χ0v) is 14.2. The predicted octanol–water partition coefficient (Wildman–Crippen LogP) is 2.87. The molecule has 0 atom stereocenters. The maximum atomic E-state index is 12.3. The van der Waals surface area contributed by atoms with Gasteiger partial charge in [0.25, 0.3) is 11.8 Å². The molecule has 0 spiro atoms. The number of esters is 1. The Morgan fingerprint density at radius 3 is 2.24 bits per heavy atom. The van der Waals surface area contributed by atoms with E-state index in [9.17, 15) is 14.4 Å². The highest BCUT2D eigenvalue weighted by atomic mass is 16.5. The van der Waals surface area contributed by atoms with Crippen LogP contribution in [0, 0.1) is 0 Å². The first-order valence-corrected chi connectivity index (χ1v) is 7.93. The molecule has 0 radical (unpaired) electrons. The van der Waals surface area contributed by atoms with Gasteiger partial charge in [0, 0.05) is 23.4 Å². The van der Waals surface area contributed by atoms with Crippen molar-refractivity contribution in [2.45, 2.75) is 13.3 Å². The third-order valence-electron chi connectivity index (χ3n) is 3.49. The normalized spacial score (nSPS) is 10.0. The van der Waals surface area contributed by atoms with Crippen molar-refractivity contribution in [1.29, 1.82) is 0 Å². The smallest absolute Gasteiger partial charge is 0.337 e. The van der Waals surface area contributed by atoms with Gasteiger partial charge in [-0.1, -0.05) is 13.0 Å². The summed E-state index contributed by atoms with van der Waals surface area (Å²) >= 11 is 0. The standard InChI is InChI=1S/C19H20N2O4/c1-3-11-20-17(22)13-7-9-16(10-8-13)21-18(23)14-5-4-6-15(12-14)19(24)25-2/h4-10,12H,3,11H2,1-2H3,(H,20,22)(H,21,23). The summed E-state index contributed by atoms with van der Waals surface area (Å²) in [5.41, 5.74) is 1.73. The van der Waals surface area contributed by atoms with E-state index in [1.807, 2.05) is 6.92 Å². The van der Waals surface area contributed by atoms with E-state index in [0.29, 0.717) is 28.9 Å². The third-order valence-corrected chi connectivity index (χ3v) is 3.49. The summed E-state index contributed by atoms with van der Waals surface area (Å²) in [6.07, 6.45) is 0.866. The number of carbonyl (C=O) groups excluding carboxylic acids is 3. The lowest BCUT2D eigenvalue weighted by molar-refractivity contribution is 0.0600. The van der Waals surface area contributed by atoms with Gasteiger partial charge in [-0.25, -0.2) is 4.79 Å². The molecule has 6 nitrogen and oxygen atoms in total. The second-order valence-corrected chi connectivity index (χ2v) is 5.36. The highest BCUT2D eigenvalue weighted by molar-refractivity contribution is 6.06. The van der Waals surface area contributed by atoms with E-state index in [1.54, 1.807) is 42.5 Å². The number of nitrogens with one attached hydrogen (secondary N) is 2. The summed E-state index contributed by atoms with van der Waals surface area (Å²) in [7, 11) is 1.29. The molecule has 0 fully saturated rings. The molecule has 0 saturated heterocycles. The maximum Gasteiger partial charge on any atom is 0.337 e. The van der Waals surface area contributed by atoms with Gasteiger partial charge >= 0.3 is 5.97 Å². The van der Waals surface area contributed by atoms with Crippen LogP contribution in [0.4, 0.5) is 5.69 Å². The van der Waals surface area contributed by atoms with Crippen LogP contribution in [0.3, 0.4) is 0 Å². The van der Waals surface area contributed by atoms with Crippen LogP contribution in [-0.2, 0) is 4.74 Å². The summed E-state index contributed by atoms with van der Waals surface area (Å²) in [6.45, 7) is 2.60. The van der Waals surface area contributed by atoms with Crippen molar-refractivity contribution in [2.24, 2.45) is 0 Å². The SMILES string of the molecule is CCCNC(=O)c1ccc(NC(=O)c2cccc(C(=O)OC)c2)cc1. The van der Waals surface area contributed by atoms with Crippen LogP contribution in [0.15, 0.2) is 48.5 Å². The highest BCUT2D eigenvalue weighted by Gasteiger charge is 2.11. The zero-order chi connectivity index (χ0) is 18.2. The molecule has 0 aliphatic rings. The average Bonchev–Trinajstić information content (AvgIpc) is 2.66. The van der Waals surface area contributed by atoms with E-state index < -0.39 is 5.97 Å². The molecule has 0 aliphatic carbocycles. The summed E-state index contributed by atoms with van der Waals surface area (Å²) in [5, 5.41) is 5.52. The molecule has 0 unspecified atom stereocenters. The Morgan fingerprint density at radius 2 is 1.60 bits per heavy atom. The van der Waals surface area contributed by atoms with Crippen molar-refractivity contribution in [3.05, 3.63) is 65.2 Å². The van der Waals surface area contributed by atoms with Crippen LogP contribution >= 0.6 is 0 Å². The van der Waals surface area contributed by atoms with Crippen molar-refractivity contribution < 1.29 is 19.1 Å². The first-order valence-electron chi connectivity index (χ1n) is 7.93. The van der Waals surface area contributed by atoms with E-state index in [1.165, 1.54) is 13.2 Å². The molecule has 2 aromatic rings. The number of amides is 2. The van der Waals surface area contributed by atoms with Gasteiger partial charge in [0.2, 0.25) is 0 Å². The molecule has 2 aromatic carbocycles. The number of anilines is 1. The fourth-order valence-electron chi connectivity index (χ4n) is 2.15. The van der Waals surface area contributed by atoms with E-state index in [2.05, 4.69) is 15.4 Å². The van der Waals surface area contributed by atoms with Crippen molar-refractivity contribution in [1.82, 2.24) is 5.32 Å². The number of ether oxygens (including phenoxy) is 1. The second-order valence-electron chi connectivity index (χ2n) is 5.36. The van der Waals surface area contributed by atoms with Gasteiger partial charge in [0.05, 0.1) is 12.7 Å².